The summed E-state index contributed by atoms with van der Waals surface area (Å²) in [7, 11) is 0. The molecule has 3 fully saturated rings. The van der Waals surface area contributed by atoms with Crippen molar-refractivity contribution in [2.24, 2.45) is 0 Å². The molecule has 0 aromatic heterocycles. The molecule has 47 heavy (non-hydrogen) atoms. The lowest BCUT2D eigenvalue weighted by molar-refractivity contribution is -0.143. The van der Waals surface area contributed by atoms with Crippen molar-refractivity contribution in [3.63, 3.8) is 0 Å². The Balaban J connectivity index is 0.987. The number of likely N-dealkylation sites (tertiary alicyclic amines) is 1. The third-order valence-electron chi connectivity index (χ3n) is 10.6. The van der Waals surface area contributed by atoms with Gasteiger partial charge in [0, 0.05) is 70.0 Å². The lowest BCUT2D eigenvalue weighted by Crippen LogP contribution is -2.55. The van der Waals surface area contributed by atoms with Gasteiger partial charge in [-0.1, -0.05) is 43.5 Å². The number of rotatable bonds is 6. The van der Waals surface area contributed by atoms with Crippen molar-refractivity contribution in [2.45, 2.75) is 76.0 Å². The number of anilines is 1. The van der Waals surface area contributed by atoms with Gasteiger partial charge >= 0.3 is 12.1 Å². The minimum atomic E-state index is -0.945. The zero-order valence-corrected chi connectivity index (χ0v) is 27.2. The van der Waals surface area contributed by atoms with E-state index in [1.54, 1.807) is 4.90 Å². The van der Waals surface area contributed by atoms with Gasteiger partial charge in [0.05, 0.1) is 0 Å². The second kappa shape index (κ2) is 14.4. The van der Waals surface area contributed by atoms with Crippen molar-refractivity contribution in [2.75, 3.05) is 64.3 Å². The van der Waals surface area contributed by atoms with E-state index in [1.165, 1.54) is 32.1 Å². The molecule has 4 amide bonds. The Morgan fingerprint density at radius 2 is 1.55 bits per heavy atom. The molecule has 5 aliphatic rings. The van der Waals surface area contributed by atoms with E-state index in [4.69, 9.17) is 14.2 Å². The van der Waals surface area contributed by atoms with Gasteiger partial charge in [-0.3, -0.25) is 9.69 Å². The number of urea groups is 1. The summed E-state index contributed by atoms with van der Waals surface area (Å²) in [5, 5.41) is 3.06. The van der Waals surface area contributed by atoms with Crippen LogP contribution in [0.15, 0.2) is 42.5 Å². The summed E-state index contributed by atoms with van der Waals surface area (Å²) in [6, 6.07) is 14.1. The number of carbonyl (C=O) groups is 3. The number of fused-ring (bicyclic) bond motifs is 2. The molecule has 1 saturated carbocycles. The maximum atomic E-state index is 14.0. The Hall–Kier alpha value is -3.99. The van der Waals surface area contributed by atoms with Crippen LogP contribution in [0.2, 0.25) is 0 Å². The molecular formula is C36H47N5O6. The average Bonchev–Trinajstić information content (AvgIpc) is 3.29. The highest BCUT2D eigenvalue weighted by molar-refractivity contribution is 5.91. The SMILES string of the molecule is O=C(O[C@H](Cc1ccc2c(c1)OCCO2)C(=O)N1CCN(C2CCCCC2)CC1)N1CCC(N2CCc3ccccc3NC2=O)CC1. The molecular weight excluding hydrogens is 598 g/mol. The van der Waals surface area contributed by atoms with Crippen molar-refractivity contribution >= 4 is 23.7 Å². The number of carbonyl (C=O) groups excluding carboxylic acids is 3. The first kappa shape index (κ1) is 31.6. The summed E-state index contributed by atoms with van der Waals surface area (Å²) in [4.78, 5) is 48.7. The quantitative estimate of drug-likeness (QED) is 0.492. The highest BCUT2D eigenvalue weighted by atomic mass is 16.6. The minimum absolute atomic E-state index is 0.0314. The van der Waals surface area contributed by atoms with Crippen LogP contribution in [0.4, 0.5) is 15.3 Å². The third-order valence-corrected chi connectivity index (χ3v) is 10.6. The minimum Gasteiger partial charge on any atom is -0.486 e. The van der Waals surface area contributed by atoms with E-state index in [0.717, 1.165) is 36.3 Å². The number of piperidine rings is 1. The first-order valence-corrected chi connectivity index (χ1v) is 17.5. The van der Waals surface area contributed by atoms with Crippen molar-refractivity contribution in [3.8, 4) is 11.5 Å². The van der Waals surface area contributed by atoms with Crippen LogP contribution >= 0.6 is 0 Å². The number of amides is 4. The molecule has 2 saturated heterocycles. The van der Waals surface area contributed by atoms with Crippen molar-refractivity contribution in [1.82, 2.24) is 19.6 Å². The first-order valence-electron chi connectivity index (χ1n) is 17.5. The number of ether oxygens (including phenoxy) is 3. The molecule has 11 heteroatoms. The zero-order valence-electron chi connectivity index (χ0n) is 27.2. The van der Waals surface area contributed by atoms with Gasteiger partial charge in [-0.05, 0) is 61.4 Å². The number of nitrogens with one attached hydrogen (secondary N) is 1. The molecule has 1 N–H and O–H groups in total. The van der Waals surface area contributed by atoms with Gasteiger partial charge in [-0.25, -0.2) is 9.59 Å². The molecule has 0 unspecified atom stereocenters. The third kappa shape index (κ3) is 7.30. The van der Waals surface area contributed by atoms with Crippen molar-refractivity contribution < 1.29 is 28.6 Å². The number of para-hydroxylation sites is 1. The van der Waals surface area contributed by atoms with Gasteiger partial charge in [0.25, 0.3) is 5.91 Å². The van der Waals surface area contributed by atoms with Gasteiger partial charge in [-0.15, -0.1) is 0 Å². The average molecular weight is 646 g/mol. The van der Waals surface area contributed by atoms with E-state index < -0.39 is 12.2 Å². The normalized spacial score (nSPS) is 21.8. The van der Waals surface area contributed by atoms with Crippen molar-refractivity contribution in [1.29, 1.82) is 0 Å². The Bertz CT molecular complexity index is 1430. The smallest absolute Gasteiger partial charge is 0.410 e. The Kier molecular flexibility index (Phi) is 9.69. The lowest BCUT2D eigenvalue weighted by atomic mass is 9.94. The molecule has 4 heterocycles. The monoisotopic (exact) mass is 645 g/mol. The highest BCUT2D eigenvalue weighted by Crippen LogP contribution is 2.32. The van der Waals surface area contributed by atoms with Crippen LogP contribution in [-0.2, 0) is 22.4 Å². The number of hydrogen-bond donors (Lipinski definition) is 1. The fraction of sp³-hybridized carbons (Fsp3) is 0.583. The molecule has 1 aliphatic carbocycles. The highest BCUT2D eigenvalue weighted by Gasteiger charge is 2.36. The van der Waals surface area contributed by atoms with Crippen LogP contribution in [0.25, 0.3) is 0 Å². The molecule has 7 rings (SSSR count). The number of hydrogen-bond acceptors (Lipinski definition) is 7. The fourth-order valence-electron chi connectivity index (χ4n) is 7.86. The molecule has 4 aliphatic heterocycles. The lowest BCUT2D eigenvalue weighted by Gasteiger charge is -2.41. The van der Waals surface area contributed by atoms with E-state index in [9.17, 15) is 14.4 Å². The second-order valence-electron chi connectivity index (χ2n) is 13.5. The van der Waals surface area contributed by atoms with Crippen LogP contribution in [0.5, 0.6) is 11.5 Å². The van der Waals surface area contributed by atoms with Crippen LogP contribution in [0.3, 0.4) is 0 Å². The number of nitrogens with zero attached hydrogens (tertiary/aromatic N) is 4. The summed E-state index contributed by atoms with van der Waals surface area (Å²) >= 11 is 0. The van der Waals surface area contributed by atoms with Gasteiger partial charge in [0.15, 0.2) is 17.6 Å². The van der Waals surface area contributed by atoms with Gasteiger partial charge in [0.2, 0.25) is 0 Å². The van der Waals surface area contributed by atoms with E-state index in [-0.39, 0.29) is 24.4 Å². The van der Waals surface area contributed by atoms with Crippen LogP contribution in [-0.4, -0.2) is 115 Å². The predicted molar refractivity (Wildman–Crippen MR) is 177 cm³/mol. The van der Waals surface area contributed by atoms with Crippen LogP contribution < -0.4 is 14.8 Å². The first-order chi connectivity index (χ1) is 23.0. The van der Waals surface area contributed by atoms with E-state index in [0.29, 0.717) is 76.3 Å². The molecule has 2 aromatic rings. The molecule has 1 atom stereocenters. The Morgan fingerprint density at radius 3 is 2.34 bits per heavy atom. The van der Waals surface area contributed by atoms with E-state index >= 15 is 0 Å². The van der Waals surface area contributed by atoms with Crippen LogP contribution in [0, 0.1) is 0 Å². The van der Waals surface area contributed by atoms with E-state index in [2.05, 4.69) is 16.3 Å². The summed E-state index contributed by atoms with van der Waals surface area (Å²) < 4.78 is 17.6. The summed E-state index contributed by atoms with van der Waals surface area (Å²) in [5.41, 5.74) is 2.85. The Labute approximate surface area is 277 Å². The molecule has 2 aromatic carbocycles. The molecule has 11 nitrogen and oxygen atoms in total. The molecule has 252 valence electrons. The molecule has 0 spiro atoms. The summed E-state index contributed by atoms with van der Waals surface area (Å²) in [6.07, 6.45) is 7.31. The number of piperazine rings is 1. The maximum absolute atomic E-state index is 14.0. The summed E-state index contributed by atoms with van der Waals surface area (Å²) in [5.74, 6) is 1.19. The largest absolute Gasteiger partial charge is 0.486 e. The maximum Gasteiger partial charge on any atom is 0.410 e. The van der Waals surface area contributed by atoms with Crippen LogP contribution in [0.1, 0.15) is 56.1 Å². The van der Waals surface area contributed by atoms with Gasteiger partial charge in [-0.2, -0.15) is 0 Å². The topological polar surface area (TPSA) is 104 Å². The molecule has 0 radical (unpaired) electrons. The van der Waals surface area contributed by atoms with Gasteiger partial charge < -0.3 is 34.2 Å². The van der Waals surface area contributed by atoms with E-state index in [1.807, 2.05) is 46.2 Å². The second-order valence-corrected chi connectivity index (χ2v) is 13.5. The van der Waals surface area contributed by atoms with Crippen molar-refractivity contribution in [3.05, 3.63) is 53.6 Å². The standard InChI is InChI=1S/C36H47N5O6/c42-34(39-20-18-38(19-21-39)28-7-2-1-3-8-28)33(25-26-10-11-31-32(24-26)46-23-22-45-31)47-36(44)40-15-13-29(14-16-40)41-17-12-27-6-4-5-9-30(27)37-35(41)43/h4-6,9-11,24,28-29,33H,1-3,7-8,12-23,25H2,(H,37,43)/t33-/m1/s1. The Morgan fingerprint density at radius 1 is 0.809 bits per heavy atom. The summed E-state index contributed by atoms with van der Waals surface area (Å²) in [6.45, 7) is 5.52. The van der Waals surface area contributed by atoms with Gasteiger partial charge in [0.1, 0.15) is 13.2 Å². The predicted octanol–water partition coefficient (Wildman–Crippen LogP) is 4.54. The fourth-order valence-corrected chi connectivity index (χ4v) is 7.86. The molecule has 0 bridgehead atoms. The number of benzene rings is 2. The zero-order chi connectivity index (χ0) is 32.2.